The average molecular weight is 680 g/mol. The quantitative estimate of drug-likeness (QED) is 0.174. The molecule has 0 spiro atoms. The van der Waals surface area contributed by atoms with Crippen LogP contribution in [0.5, 0.6) is 0 Å². The first-order valence-electron chi connectivity index (χ1n) is 18.3. The van der Waals surface area contributed by atoms with Crippen molar-refractivity contribution in [2.24, 2.45) is 0 Å². The third kappa shape index (κ3) is 5.26. The van der Waals surface area contributed by atoms with Crippen molar-refractivity contribution in [1.82, 2.24) is 0 Å². The molecule has 0 saturated carbocycles. The van der Waals surface area contributed by atoms with Crippen LogP contribution >= 0.6 is 0 Å². The Bertz CT molecular complexity index is 2810. The van der Waals surface area contributed by atoms with Crippen molar-refractivity contribution in [2.75, 3.05) is 4.90 Å². The number of anilines is 3. The Labute approximate surface area is 310 Å². The van der Waals surface area contributed by atoms with Gasteiger partial charge in [-0.1, -0.05) is 141 Å². The lowest BCUT2D eigenvalue weighted by molar-refractivity contribution is 0.660. The molecule has 252 valence electrons. The van der Waals surface area contributed by atoms with Gasteiger partial charge >= 0.3 is 0 Å². The van der Waals surface area contributed by atoms with Crippen molar-refractivity contribution in [3.63, 3.8) is 0 Å². The lowest BCUT2D eigenvalue weighted by atomic mass is 9.82. The van der Waals surface area contributed by atoms with E-state index in [1.807, 2.05) is 12.1 Å². The van der Waals surface area contributed by atoms with Crippen LogP contribution < -0.4 is 4.90 Å². The Hall–Kier alpha value is -6.64. The Balaban J connectivity index is 1.07. The topological polar surface area (TPSA) is 16.4 Å². The first kappa shape index (κ1) is 31.1. The number of hydrogen-bond acceptors (Lipinski definition) is 2. The first-order chi connectivity index (χ1) is 26.0. The van der Waals surface area contributed by atoms with E-state index in [1.165, 1.54) is 44.5 Å². The molecule has 0 bridgehead atoms. The fraction of sp³-hybridized carbons (Fsp3) is 0.0588. The highest BCUT2D eigenvalue weighted by Gasteiger charge is 2.35. The van der Waals surface area contributed by atoms with E-state index in [4.69, 9.17) is 4.42 Å². The van der Waals surface area contributed by atoms with E-state index in [-0.39, 0.29) is 5.41 Å². The number of rotatable bonds is 6. The second-order valence-electron chi connectivity index (χ2n) is 14.6. The van der Waals surface area contributed by atoms with Crippen LogP contribution in [0.25, 0.3) is 66.4 Å². The molecule has 0 radical (unpaired) electrons. The van der Waals surface area contributed by atoms with E-state index >= 15 is 0 Å². The van der Waals surface area contributed by atoms with Crippen LogP contribution in [0, 0.1) is 0 Å². The number of benzene rings is 8. The Morgan fingerprint density at radius 2 is 0.906 bits per heavy atom. The maximum atomic E-state index is 6.11. The van der Waals surface area contributed by atoms with E-state index in [2.05, 4.69) is 195 Å². The SMILES string of the molecule is CC1(C)c2ccccc2-c2cc(-c3cccc(N(c4ccc(-c5ccc6oc7ccccc7c6c5)cc4)c4cccc(-c5ccccc5)c4)c3)ccc21. The van der Waals surface area contributed by atoms with Crippen LogP contribution in [-0.2, 0) is 5.41 Å². The highest BCUT2D eigenvalue weighted by Crippen LogP contribution is 2.50. The van der Waals surface area contributed by atoms with Gasteiger partial charge in [0.25, 0.3) is 0 Å². The lowest BCUT2D eigenvalue weighted by Gasteiger charge is -2.27. The van der Waals surface area contributed by atoms with Crippen LogP contribution in [0.15, 0.2) is 192 Å². The predicted molar refractivity (Wildman–Crippen MR) is 222 cm³/mol. The normalized spacial score (nSPS) is 12.9. The number of fused-ring (bicyclic) bond motifs is 6. The third-order valence-electron chi connectivity index (χ3n) is 11.1. The van der Waals surface area contributed by atoms with Gasteiger partial charge in [0, 0.05) is 33.2 Å². The monoisotopic (exact) mass is 679 g/mol. The van der Waals surface area contributed by atoms with Gasteiger partial charge in [0.1, 0.15) is 11.2 Å². The van der Waals surface area contributed by atoms with Crippen LogP contribution in [0.3, 0.4) is 0 Å². The van der Waals surface area contributed by atoms with Crippen molar-refractivity contribution in [3.05, 3.63) is 199 Å². The molecule has 0 amide bonds. The van der Waals surface area contributed by atoms with E-state index in [9.17, 15) is 0 Å². The fourth-order valence-corrected chi connectivity index (χ4v) is 8.34. The number of furan rings is 1. The summed E-state index contributed by atoms with van der Waals surface area (Å²) in [5.41, 5.74) is 17.7. The zero-order valence-corrected chi connectivity index (χ0v) is 29.8. The second kappa shape index (κ2) is 12.3. The molecule has 8 aromatic carbocycles. The molecule has 0 aliphatic heterocycles. The zero-order valence-electron chi connectivity index (χ0n) is 29.8. The van der Waals surface area contributed by atoms with Gasteiger partial charge in [-0.05, 0) is 116 Å². The standard InChI is InChI=1S/C51H37NO/c1-51(2)47-20-8-6-18-43(47)45-32-39(24-28-48(45)51)37-15-11-17-42(31-37)52(41-16-10-14-36(30-41)34-12-4-3-5-13-34)40-26-22-35(23-27-40)38-25-29-50-46(33-38)44-19-7-9-21-49(44)53-50/h3-33H,1-2H3. The molecule has 1 heterocycles. The summed E-state index contributed by atoms with van der Waals surface area (Å²) in [5, 5.41) is 2.28. The highest BCUT2D eigenvalue weighted by atomic mass is 16.3. The van der Waals surface area contributed by atoms with Crippen molar-refractivity contribution < 1.29 is 4.42 Å². The predicted octanol–water partition coefficient (Wildman–Crippen LogP) is 14.4. The molecular formula is C51H37NO. The molecule has 0 saturated heterocycles. The summed E-state index contributed by atoms with van der Waals surface area (Å²) in [5.74, 6) is 0. The van der Waals surface area contributed by atoms with Crippen molar-refractivity contribution >= 4 is 39.0 Å². The van der Waals surface area contributed by atoms with Crippen molar-refractivity contribution in [1.29, 1.82) is 0 Å². The van der Waals surface area contributed by atoms with Crippen molar-refractivity contribution in [3.8, 4) is 44.5 Å². The van der Waals surface area contributed by atoms with Gasteiger partial charge in [0.15, 0.2) is 0 Å². The zero-order chi connectivity index (χ0) is 35.5. The van der Waals surface area contributed by atoms with E-state index < -0.39 is 0 Å². The van der Waals surface area contributed by atoms with Gasteiger partial charge in [-0.15, -0.1) is 0 Å². The van der Waals surface area contributed by atoms with Crippen LogP contribution in [-0.4, -0.2) is 0 Å². The first-order valence-corrected chi connectivity index (χ1v) is 18.3. The second-order valence-corrected chi connectivity index (χ2v) is 14.6. The van der Waals surface area contributed by atoms with Gasteiger partial charge in [-0.25, -0.2) is 0 Å². The van der Waals surface area contributed by atoms with E-state index in [0.29, 0.717) is 0 Å². The molecule has 9 aromatic rings. The fourth-order valence-electron chi connectivity index (χ4n) is 8.34. The molecule has 53 heavy (non-hydrogen) atoms. The molecular weight excluding hydrogens is 643 g/mol. The molecule has 0 N–H and O–H groups in total. The molecule has 1 aliphatic rings. The minimum Gasteiger partial charge on any atom is -0.456 e. The minimum absolute atomic E-state index is 0.0168. The summed E-state index contributed by atoms with van der Waals surface area (Å²) < 4.78 is 6.11. The van der Waals surface area contributed by atoms with E-state index in [1.54, 1.807) is 0 Å². The number of hydrogen-bond donors (Lipinski definition) is 0. The number of para-hydroxylation sites is 1. The molecule has 0 atom stereocenters. The molecule has 2 heteroatoms. The molecule has 2 nitrogen and oxygen atoms in total. The van der Waals surface area contributed by atoms with Crippen LogP contribution in [0.4, 0.5) is 17.1 Å². The highest BCUT2D eigenvalue weighted by molar-refractivity contribution is 6.06. The van der Waals surface area contributed by atoms with Gasteiger partial charge in [0.05, 0.1) is 0 Å². The van der Waals surface area contributed by atoms with Gasteiger partial charge < -0.3 is 9.32 Å². The smallest absolute Gasteiger partial charge is 0.135 e. The number of nitrogens with zero attached hydrogens (tertiary/aromatic N) is 1. The molecule has 1 aliphatic carbocycles. The summed E-state index contributed by atoms with van der Waals surface area (Å²) >= 11 is 0. The Morgan fingerprint density at radius 1 is 0.358 bits per heavy atom. The summed E-state index contributed by atoms with van der Waals surface area (Å²) in [7, 11) is 0. The molecule has 1 aromatic heterocycles. The molecule has 0 unspecified atom stereocenters. The Morgan fingerprint density at radius 3 is 1.70 bits per heavy atom. The molecule has 10 rings (SSSR count). The average Bonchev–Trinajstić information content (AvgIpc) is 3.70. The third-order valence-corrected chi connectivity index (χ3v) is 11.1. The summed E-state index contributed by atoms with van der Waals surface area (Å²) in [6.07, 6.45) is 0. The van der Waals surface area contributed by atoms with Crippen molar-refractivity contribution in [2.45, 2.75) is 19.3 Å². The summed E-state index contributed by atoms with van der Waals surface area (Å²) in [4.78, 5) is 2.37. The minimum atomic E-state index is -0.0168. The summed E-state index contributed by atoms with van der Waals surface area (Å²) in [6, 6.07) is 68.0. The van der Waals surface area contributed by atoms with Gasteiger partial charge in [-0.2, -0.15) is 0 Å². The lowest BCUT2D eigenvalue weighted by Crippen LogP contribution is -2.14. The van der Waals surface area contributed by atoms with E-state index in [0.717, 1.165) is 50.1 Å². The summed E-state index contributed by atoms with van der Waals surface area (Å²) in [6.45, 7) is 4.67. The maximum Gasteiger partial charge on any atom is 0.135 e. The largest absolute Gasteiger partial charge is 0.456 e. The molecule has 0 fully saturated rings. The van der Waals surface area contributed by atoms with Crippen LogP contribution in [0.2, 0.25) is 0 Å². The van der Waals surface area contributed by atoms with Gasteiger partial charge in [-0.3, -0.25) is 0 Å². The van der Waals surface area contributed by atoms with Crippen LogP contribution in [0.1, 0.15) is 25.0 Å². The maximum absolute atomic E-state index is 6.11. The Kier molecular flexibility index (Phi) is 7.19. The van der Waals surface area contributed by atoms with Gasteiger partial charge in [0.2, 0.25) is 0 Å².